The fourth-order valence-electron chi connectivity index (χ4n) is 3.32. The minimum Gasteiger partial charge on any atom is -0.490 e. The van der Waals surface area contributed by atoms with Crippen LogP contribution in [-0.4, -0.2) is 50.8 Å². The van der Waals surface area contributed by atoms with Crippen molar-refractivity contribution >= 4 is 39.1 Å². The predicted octanol–water partition coefficient (Wildman–Crippen LogP) is 4.73. The second-order valence-corrected chi connectivity index (χ2v) is 8.83. The van der Waals surface area contributed by atoms with E-state index in [0.29, 0.717) is 29.0 Å². The molecule has 3 rings (SSSR count). The summed E-state index contributed by atoms with van der Waals surface area (Å²) in [5, 5.41) is 8.10. The lowest BCUT2D eigenvalue weighted by molar-refractivity contribution is 0.241. The average molecular weight is 517 g/mol. The highest BCUT2D eigenvalue weighted by molar-refractivity contribution is 9.10. The Morgan fingerprint density at radius 2 is 1.93 bits per heavy atom. The molecular formula is C22H28BrCl2N3O2. The van der Waals surface area contributed by atoms with E-state index >= 15 is 0 Å². The van der Waals surface area contributed by atoms with E-state index in [-0.39, 0.29) is 0 Å². The number of rotatable bonds is 10. The minimum absolute atomic E-state index is 0.330. The third-order valence-corrected chi connectivity index (χ3v) is 6.08. The van der Waals surface area contributed by atoms with E-state index in [1.807, 2.05) is 19.1 Å². The van der Waals surface area contributed by atoms with Gasteiger partial charge in [-0.2, -0.15) is 0 Å². The fourth-order valence-corrected chi connectivity index (χ4v) is 4.39. The van der Waals surface area contributed by atoms with Gasteiger partial charge in [0.15, 0.2) is 11.5 Å². The maximum atomic E-state index is 6.27. The van der Waals surface area contributed by atoms with Crippen LogP contribution in [0.15, 0.2) is 34.8 Å². The van der Waals surface area contributed by atoms with Crippen molar-refractivity contribution in [1.82, 2.24) is 15.5 Å². The number of nitrogens with one attached hydrogen (secondary N) is 2. The molecule has 2 N–H and O–H groups in total. The van der Waals surface area contributed by atoms with Crippen LogP contribution in [0.2, 0.25) is 10.0 Å². The van der Waals surface area contributed by atoms with Crippen molar-refractivity contribution in [3.63, 3.8) is 0 Å². The smallest absolute Gasteiger partial charge is 0.175 e. The van der Waals surface area contributed by atoms with E-state index < -0.39 is 0 Å². The number of ether oxygens (including phenoxy) is 2. The zero-order chi connectivity index (χ0) is 21.3. The molecule has 0 amide bonds. The molecule has 1 aliphatic heterocycles. The van der Waals surface area contributed by atoms with E-state index in [1.165, 1.54) is 0 Å². The van der Waals surface area contributed by atoms with Gasteiger partial charge in [0.1, 0.15) is 6.61 Å². The molecule has 0 atom stereocenters. The molecule has 2 aromatic carbocycles. The highest BCUT2D eigenvalue weighted by atomic mass is 79.9. The molecule has 0 aliphatic carbocycles. The number of halogens is 3. The Morgan fingerprint density at radius 1 is 1.13 bits per heavy atom. The second kappa shape index (κ2) is 12.1. The number of benzene rings is 2. The largest absolute Gasteiger partial charge is 0.490 e. The van der Waals surface area contributed by atoms with E-state index in [1.54, 1.807) is 12.1 Å². The summed E-state index contributed by atoms with van der Waals surface area (Å²) in [5.74, 6) is 1.39. The lowest BCUT2D eigenvalue weighted by Crippen LogP contribution is -2.45. The highest BCUT2D eigenvalue weighted by Gasteiger charge is 2.14. The molecule has 0 spiro atoms. The minimum atomic E-state index is 0.330. The molecule has 1 fully saturated rings. The summed E-state index contributed by atoms with van der Waals surface area (Å²) in [4.78, 5) is 2.48. The molecule has 1 aliphatic rings. The molecule has 5 nitrogen and oxygen atoms in total. The van der Waals surface area contributed by atoms with Crippen molar-refractivity contribution in [2.24, 2.45) is 0 Å². The van der Waals surface area contributed by atoms with E-state index in [4.69, 9.17) is 32.7 Å². The average Bonchev–Trinajstić information content (AvgIpc) is 2.73. The van der Waals surface area contributed by atoms with Crippen LogP contribution in [0.3, 0.4) is 0 Å². The van der Waals surface area contributed by atoms with Gasteiger partial charge in [-0.3, -0.25) is 4.90 Å². The Balaban J connectivity index is 1.59. The maximum Gasteiger partial charge on any atom is 0.175 e. The van der Waals surface area contributed by atoms with Crippen LogP contribution >= 0.6 is 39.1 Å². The Labute approximate surface area is 197 Å². The number of hydrogen-bond donors (Lipinski definition) is 2. The zero-order valence-corrected chi connectivity index (χ0v) is 20.2. The Kier molecular flexibility index (Phi) is 9.56. The summed E-state index contributed by atoms with van der Waals surface area (Å²) in [6.45, 7) is 10.0. The topological polar surface area (TPSA) is 45.8 Å². The van der Waals surface area contributed by atoms with Gasteiger partial charge in [0.25, 0.3) is 0 Å². The lowest BCUT2D eigenvalue weighted by Gasteiger charge is -2.27. The van der Waals surface area contributed by atoms with Gasteiger partial charge in [-0.15, -0.1) is 0 Å². The first-order valence-corrected chi connectivity index (χ1v) is 11.8. The van der Waals surface area contributed by atoms with Gasteiger partial charge in [0.2, 0.25) is 0 Å². The van der Waals surface area contributed by atoms with E-state index in [2.05, 4.69) is 37.5 Å². The first-order valence-electron chi connectivity index (χ1n) is 10.2. The van der Waals surface area contributed by atoms with Crippen molar-refractivity contribution in [3.8, 4) is 11.5 Å². The molecule has 164 valence electrons. The SMILES string of the molecule is CCOc1cc(CNCCN2CCNCC2)cc(Br)c1OCc1ccc(Cl)cc1Cl. The normalized spacial score (nSPS) is 14.7. The Bertz CT molecular complexity index is 832. The molecule has 1 heterocycles. The van der Waals surface area contributed by atoms with E-state index in [9.17, 15) is 0 Å². The van der Waals surface area contributed by atoms with Crippen LogP contribution in [0.1, 0.15) is 18.1 Å². The summed E-state index contributed by atoms with van der Waals surface area (Å²) < 4.78 is 12.8. The van der Waals surface area contributed by atoms with Crippen molar-refractivity contribution in [2.45, 2.75) is 20.1 Å². The second-order valence-electron chi connectivity index (χ2n) is 7.13. The molecule has 30 heavy (non-hydrogen) atoms. The molecule has 0 aromatic heterocycles. The summed E-state index contributed by atoms with van der Waals surface area (Å²) in [6, 6.07) is 9.49. The van der Waals surface area contributed by atoms with Crippen LogP contribution in [-0.2, 0) is 13.2 Å². The summed E-state index contributed by atoms with van der Waals surface area (Å²) >= 11 is 15.9. The Hall–Kier alpha value is -1.02. The van der Waals surface area contributed by atoms with Gasteiger partial charge in [-0.05, 0) is 52.7 Å². The van der Waals surface area contributed by atoms with E-state index in [0.717, 1.165) is 67.2 Å². The van der Waals surface area contributed by atoms with Crippen molar-refractivity contribution in [3.05, 3.63) is 56.0 Å². The summed E-state index contributed by atoms with van der Waals surface area (Å²) in [7, 11) is 0. The van der Waals surface area contributed by atoms with Crippen molar-refractivity contribution in [2.75, 3.05) is 45.9 Å². The van der Waals surface area contributed by atoms with Gasteiger partial charge < -0.3 is 20.1 Å². The number of hydrogen-bond acceptors (Lipinski definition) is 5. The van der Waals surface area contributed by atoms with Crippen LogP contribution in [0.25, 0.3) is 0 Å². The molecule has 1 saturated heterocycles. The number of piperazine rings is 1. The molecule has 0 radical (unpaired) electrons. The predicted molar refractivity (Wildman–Crippen MR) is 127 cm³/mol. The van der Waals surface area contributed by atoms with Gasteiger partial charge in [-0.1, -0.05) is 29.3 Å². The van der Waals surface area contributed by atoms with Gasteiger partial charge >= 0.3 is 0 Å². The molecule has 0 unspecified atom stereocenters. The van der Waals surface area contributed by atoms with Gasteiger partial charge in [0, 0.05) is 61.4 Å². The van der Waals surface area contributed by atoms with Crippen LogP contribution < -0.4 is 20.1 Å². The van der Waals surface area contributed by atoms with Crippen molar-refractivity contribution in [1.29, 1.82) is 0 Å². The zero-order valence-electron chi connectivity index (χ0n) is 17.1. The number of nitrogens with zero attached hydrogens (tertiary/aromatic N) is 1. The molecule has 0 saturated carbocycles. The van der Waals surface area contributed by atoms with Crippen LogP contribution in [0, 0.1) is 0 Å². The maximum absolute atomic E-state index is 6.27. The highest BCUT2D eigenvalue weighted by Crippen LogP contribution is 2.38. The summed E-state index contributed by atoms with van der Waals surface area (Å²) in [6.07, 6.45) is 0. The molecule has 0 bridgehead atoms. The summed E-state index contributed by atoms with van der Waals surface area (Å²) in [5.41, 5.74) is 2.01. The lowest BCUT2D eigenvalue weighted by atomic mass is 10.2. The standard InChI is InChI=1S/C22H28BrCl2N3O2/c1-2-29-21-12-16(14-27-7-10-28-8-5-26-6-9-28)11-19(23)22(21)30-15-17-3-4-18(24)13-20(17)25/h3-4,11-13,26-27H,2,5-10,14-15H2,1H3. The first kappa shape index (κ1) is 23.6. The van der Waals surface area contributed by atoms with Crippen molar-refractivity contribution < 1.29 is 9.47 Å². The van der Waals surface area contributed by atoms with Gasteiger partial charge in [0.05, 0.1) is 11.1 Å². The third-order valence-electron chi connectivity index (χ3n) is 4.90. The molecule has 2 aromatic rings. The quantitative estimate of drug-likeness (QED) is 0.447. The monoisotopic (exact) mass is 515 g/mol. The molecule has 8 heteroatoms. The molecular weight excluding hydrogens is 489 g/mol. The first-order chi connectivity index (χ1) is 14.6. The fraction of sp³-hybridized carbons (Fsp3) is 0.455. The van der Waals surface area contributed by atoms with Crippen LogP contribution in [0.4, 0.5) is 0 Å². The van der Waals surface area contributed by atoms with Crippen LogP contribution in [0.5, 0.6) is 11.5 Å². The third kappa shape index (κ3) is 7.01. The Morgan fingerprint density at radius 3 is 2.67 bits per heavy atom. The van der Waals surface area contributed by atoms with Gasteiger partial charge in [-0.25, -0.2) is 0 Å².